The highest BCUT2D eigenvalue weighted by Crippen LogP contribution is 2.42. The van der Waals surface area contributed by atoms with E-state index in [9.17, 15) is 23.5 Å². The highest BCUT2D eigenvalue weighted by molar-refractivity contribution is 5.96. The van der Waals surface area contributed by atoms with Crippen LogP contribution in [0.2, 0.25) is 0 Å². The SMILES string of the molecule is Cc1nc(NC[C@H](C)O)nc(C)c1C(=O)N1CC2CN(CCC(NC(=O)C3CC(F)(F)C3)c3ccccc3)CC2C1. The van der Waals surface area contributed by atoms with Crippen molar-refractivity contribution in [3.8, 4) is 0 Å². The van der Waals surface area contributed by atoms with Crippen molar-refractivity contribution in [1.29, 1.82) is 0 Å². The number of likely N-dealkylation sites (tertiary alicyclic amines) is 2. The summed E-state index contributed by atoms with van der Waals surface area (Å²) < 4.78 is 26.7. The number of alkyl halides is 2. The molecule has 2 amide bonds. The number of carbonyl (C=O) groups is 2. The zero-order valence-electron chi connectivity index (χ0n) is 23.9. The summed E-state index contributed by atoms with van der Waals surface area (Å²) in [5, 5.41) is 15.5. The Kier molecular flexibility index (Phi) is 8.56. The van der Waals surface area contributed by atoms with E-state index < -0.39 is 17.9 Å². The molecule has 41 heavy (non-hydrogen) atoms. The molecule has 0 radical (unpaired) electrons. The predicted octanol–water partition coefficient (Wildman–Crippen LogP) is 3.18. The van der Waals surface area contributed by atoms with E-state index in [1.807, 2.05) is 49.1 Å². The molecule has 5 rings (SSSR count). The van der Waals surface area contributed by atoms with E-state index in [0.717, 1.165) is 25.2 Å². The van der Waals surface area contributed by atoms with Crippen molar-refractivity contribution in [3.63, 3.8) is 0 Å². The summed E-state index contributed by atoms with van der Waals surface area (Å²) >= 11 is 0. The van der Waals surface area contributed by atoms with E-state index in [1.165, 1.54) is 0 Å². The van der Waals surface area contributed by atoms with Gasteiger partial charge in [-0.25, -0.2) is 18.7 Å². The number of aliphatic hydroxyl groups is 1. The smallest absolute Gasteiger partial charge is 0.257 e. The number of anilines is 1. The van der Waals surface area contributed by atoms with E-state index in [4.69, 9.17) is 0 Å². The van der Waals surface area contributed by atoms with Gasteiger partial charge in [0.2, 0.25) is 17.8 Å². The summed E-state index contributed by atoms with van der Waals surface area (Å²) in [6.45, 7) is 9.50. The van der Waals surface area contributed by atoms with Gasteiger partial charge in [0, 0.05) is 58.0 Å². The first kappa shape index (κ1) is 29.3. The number of carbonyl (C=O) groups excluding carboxylic acids is 2. The molecule has 2 aliphatic heterocycles. The molecular weight excluding hydrogens is 530 g/mol. The molecule has 9 nitrogen and oxygen atoms in total. The lowest BCUT2D eigenvalue weighted by molar-refractivity contribution is -0.150. The second-order valence-corrected chi connectivity index (χ2v) is 12.0. The fourth-order valence-electron chi connectivity index (χ4n) is 6.40. The average molecular weight is 571 g/mol. The van der Waals surface area contributed by atoms with Crippen LogP contribution < -0.4 is 10.6 Å². The number of aryl methyl sites for hydroxylation is 2. The molecule has 3 heterocycles. The number of fused-ring (bicyclic) bond motifs is 1. The van der Waals surface area contributed by atoms with Crippen molar-refractivity contribution in [2.24, 2.45) is 17.8 Å². The predicted molar refractivity (Wildman–Crippen MR) is 151 cm³/mol. The zero-order valence-corrected chi connectivity index (χ0v) is 23.9. The standard InChI is InChI=1S/C30H40F2N6O3/c1-18(39)13-33-29-34-19(2)26(20(3)35-29)28(41)38-16-23-14-37(15-24(23)17-38)10-9-25(21-7-5-4-6-8-21)36-27(40)22-11-30(31,32)12-22/h4-8,18,22-25,39H,9-17H2,1-3H3,(H,36,40)(H,33,34,35)/t18-,23?,24?,25?/m0/s1. The minimum atomic E-state index is -2.73. The maximum Gasteiger partial charge on any atom is 0.257 e. The fraction of sp³-hybridized carbons (Fsp3) is 0.600. The van der Waals surface area contributed by atoms with Gasteiger partial charge < -0.3 is 25.5 Å². The summed E-state index contributed by atoms with van der Waals surface area (Å²) in [6, 6.07) is 9.46. The van der Waals surface area contributed by atoms with Gasteiger partial charge in [-0.05, 0) is 44.6 Å². The summed E-state index contributed by atoms with van der Waals surface area (Å²) in [5.74, 6) is -2.54. The number of nitrogens with zero attached hydrogens (tertiary/aromatic N) is 4. The van der Waals surface area contributed by atoms with E-state index in [1.54, 1.807) is 6.92 Å². The lowest BCUT2D eigenvalue weighted by Gasteiger charge is -2.35. The molecule has 222 valence electrons. The van der Waals surface area contributed by atoms with Gasteiger partial charge in [0.15, 0.2) is 0 Å². The molecule has 1 saturated carbocycles. The van der Waals surface area contributed by atoms with E-state index in [2.05, 4.69) is 25.5 Å². The molecule has 1 aliphatic carbocycles. The van der Waals surface area contributed by atoms with Crippen LogP contribution >= 0.6 is 0 Å². The first-order valence-electron chi connectivity index (χ1n) is 14.5. The summed E-state index contributed by atoms with van der Waals surface area (Å²) in [6.07, 6.45) is -0.595. The molecule has 0 bridgehead atoms. The molecule has 3 unspecified atom stereocenters. The van der Waals surface area contributed by atoms with Crippen LogP contribution in [0.5, 0.6) is 0 Å². The van der Waals surface area contributed by atoms with Crippen LogP contribution in [0.1, 0.15) is 59.5 Å². The Morgan fingerprint density at radius 3 is 2.22 bits per heavy atom. The topological polar surface area (TPSA) is 111 Å². The normalized spacial score (nSPS) is 23.5. The number of aromatic nitrogens is 2. The first-order chi connectivity index (χ1) is 19.5. The quantitative estimate of drug-likeness (QED) is 0.403. The maximum absolute atomic E-state index is 13.5. The lowest BCUT2D eigenvalue weighted by atomic mass is 9.80. The van der Waals surface area contributed by atoms with Gasteiger partial charge in [0.05, 0.1) is 29.1 Å². The molecule has 3 N–H and O–H groups in total. The van der Waals surface area contributed by atoms with Crippen LogP contribution in [-0.2, 0) is 4.79 Å². The third kappa shape index (κ3) is 6.83. The molecule has 0 spiro atoms. The van der Waals surface area contributed by atoms with Crippen molar-refractivity contribution in [3.05, 3.63) is 52.8 Å². The van der Waals surface area contributed by atoms with Gasteiger partial charge in [-0.15, -0.1) is 0 Å². The van der Waals surface area contributed by atoms with Gasteiger partial charge in [0.1, 0.15) is 0 Å². The third-order valence-electron chi connectivity index (χ3n) is 8.60. The van der Waals surface area contributed by atoms with Crippen LogP contribution in [0.3, 0.4) is 0 Å². The van der Waals surface area contributed by atoms with Crippen LogP contribution in [0, 0.1) is 31.6 Å². The van der Waals surface area contributed by atoms with E-state index in [0.29, 0.717) is 60.8 Å². The number of hydrogen-bond acceptors (Lipinski definition) is 7. The Balaban J connectivity index is 1.15. The Morgan fingerprint density at radius 2 is 1.66 bits per heavy atom. The van der Waals surface area contributed by atoms with Crippen LogP contribution in [-0.4, -0.2) is 88.0 Å². The largest absolute Gasteiger partial charge is 0.392 e. The molecule has 3 aliphatic rings. The summed E-state index contributed by atoms with van der Waals surface area (Å²) in [4.78, 5) is 39.3. The van der Waals surface area contributed by atoms with Crippen molar-refractivity contribution in [2.45, 2.75) is 58.1 Å². The first-order valence-corrected chi connectivity index (χ1v) is 14.5. The Labute approximate surface area is 239 Å². The van der Waals surface area contributed by atoms with E-state index in [-0.39, 0.29) is 30.7 Å². The van der Waals surface area contributed by atoms with Crippen LogP contribution in [0.15, 0.2) is 30.3 Å². The second-order valence-electron chi connectivity index (χ2n) is 12.0. The van der Waals surface area contributed by atoms with Crippen molar-refractivity contribution in [1.82, 2.24) is 25.1 Å². The number of nitrogens with one attached hydrogen (secondary N) is 2. The second kappa shape index (κ2) is 12.0. The van der Waals surface area contributed by atoms with Gasteiger partial charge in [0.25, 0.3) is 5.91 Å². The van der Waals surface area contributed by atoms with Crippen LogP contribution in [0.4, 0.5) is 14.7 Å². The molecular formula is C30H40F2N6O3. The van der Waals surface area contributed by atoms with Crippen LogP contribution in [0.25, 0.3) is 0 Å². The number of amides is 2. The Morgan fingerprint density at radius 1 is 1.05 bits per heavy atom. The minimum absolute atomic E-state index is 0.0450. The Bertz CT molecular complexity index is 1220. The number of hydrogen-bond donors (Lipinski definition) is 3. The number of aliphatic hydroxyl groups excluding tert-OH is 1. The molecule has 3 fully saturated rings. The lowest BCUT2D eigenvalue weighted by Crippen LogP contribution is -2.46. The van der Waals surface area contributed by atoms with Gasteiger partial charge >= 0.3 is 0 Å². The van der Waals surface area contributed by atoms with Gasteiger partial charge in [-0.2, -0.15) is 0 Å². The van der Waals surface area contributed by atoms with Gasteiger partial charge in [-0.3, -0.25) is 9.59 Å². The molecule has 2 saturated heterocycles. The van der Waals surface area contributed by atoms with Crippen molar-refractivity contribution in [2.75, 3.05) is 44.6 Å². The highest BCUT2D eigenvalue weighted by atomic mass is 19.3. The highest BCUT2D eigenvalue weighted by Gasteiger charge is 2.49. The minimum Gasteiger partial charge on any atom is -0.392 e. The summed E-state index contributed by atoms with van der Waals surface area (Å²) in [7, 11) is 0. The maximum atomic E-state index is 13.5. The van der Waals surface area contributed by atoms with Crippen molar-refractivity contribution < 1.29 is 23.5 Å². The van der Waals surface area contributed by atoms with Gasteiger partial charge in [-0.1, -0.05) is 30.3 Å². The summed E-state index contributed by atoms with van der Waals surface area (Å²) in [5.41, 5.74) is 2.75. The number of rotatable bonds is 10. The number of halogens is 2. The van der Waals surface area contributed by atoms with Crippen molar-refractivity contribution >= 4 is 17.8 Å². The monoisotopic (exact) mass is 570 g/mol. The molecule has 1 aromatic heterocycles. The fourth-order valence-corrected chi connectivity index (χ4v) is 6.40. The molecule has 11 heteroatoms. The zero-order chi connectivity index (χ0) is 29.3. The molecule has 4 atom stereocenters. The van der Waals surface area contributed by atoms with E-state index >= 15 is 0 Å². The third-order valence-corrected chi connectivity index (χ3v) is 8.60. The average Bonchev–Trinajstić information content (AvgIpc) is 3.47. The number of benzene rings is 1. The molecule has 2 aromatic rings. The Hall–Kier alpha value is -3.18. The molecule has 1 aromatic carbocycles.